The highest BCUT2D eigenvalue weighted by atomic mass is 32.2. The topological polar surface area (TPSA) is 108 Å². The predicted molar refractivity (Wildman–Crippen MR) is 122 cm³/mol. The molecule has 1 N–H and O–H groups in total. The van der Waals surface area contributed by atoms with Crippen molar-refractivity contribution in [3.8, 4) is 5.75 Å². The Kier molecular flexibility index (Phi) is 9.42. The first-order chi connectivity index (χ1) is 15.2. The Hall–Kier alpha value is -3.17. The minimum Gasteiger partial charge on any atom is -0.464 e. The van der Waals surface area contributed by atoms with Crippen molar-refractivity contribution in [2.45, 2.75) is 26.4 Å². The molecule has 0 bridgehead atoms. The number of nitrogens with one attached hydrogen (secondary N) is 1. The van der Waals surface area contributed by atoms with Crippen LogP contribution < -0.4 is 9.50 Å². The second-order valence-corrected chi connectivity index (χ2v) is 8.35. The molecule has 0 fully saturated rings. The Morgan fingerprint density at radius 1 is 1.00 bits per heavy atom. The summed E-state index contributed by atoms with van der Waals surface area (Å²) in [5.74, 6) is -0.524. The van der Waals surface area contributed by atoms with Crippen LogP contribution in [0.5, 0.6) is 5.75 Å². The number of carbonyl (C=O) groups excluding carboxylic acids is 2. The maximum Gasteiger partial charge on any atom is 0.335 e. The van der Waals surface area contributed by atoms with Crippen LogP contribution in [-0.2, 0) is 35.6 Å². The number of amides is 1. The average Bonchev–Trinajstić information content (AvgIpc) is 2.73. The lowest BCUT2D eigenvalue weighted by Gasteiger charge is -2.15. The fraction of sp³-hybridized carbons (Fsp3) is 0.304. The van der Waals surface area contributed by atoms with E-state index in [-0.39, 0.29) is 11.7 Å². The van der Waals surface area contributed by atoms with E-state index >= 15 is 0 Å². The van der Waals surface area contributed by atoms with E-state index in [1.54, 1.807) is 37.3 Å². The van der Waals surface area contributed by atoms with Crippen LogP contribution in [0, 0.1) is 0 Å². The molecule has 0 heterocycles. The first-order valence-electron chi connectivity index (χ1n) is 10.1. The fourth-order valence-corrected chi connectivity index (χ4v) is 3.21. The van der Waals surface area contributed by atoms with Crippen molar-refractivity contribution >= 4 is 33.8 Å². The third-order valence-electron chi connectivity index (χ3n) is 4.11. The zero-order chi connectivity index (χ0) is 23.6. The molecule has 32 heavy (non-hydrogen) atoms. The maximum absolute atomic E-state index is 12.2. The van der Waals surface area contributed by atoms with Crippen LogP contribution in [0.2, 0.25) is 0 Å². The van der Waals surface area contributed by atoms with E-state index < -0.39 is 22.2 Å². The van der Waals surface area contributed by atoms with E-state index in [1.165, 1.54) is 18.2 Å². The van der Waals surface area contributed by atoms with Crippen molar-refractivity contribution in [2.75, 3.05) is 24.8 Å². The number of hydrogen-bond donors (Lipinski definition) is 1. The number of benzene rings is 2. The molecule has 0 radical (unpaired) electrons. The number of rotatable bonds is 11. The van der Waals surface area contributed by atoms with Gasteiger partial charge in [0.2, 0.25) is 5.91 Å². The fourth-order valence-electron chi connectivity index (χ4n) is 2.75. The highest BCUT2D eigenvalue weighted by Gasteiger charge is 2.20. The summed E-state index contributed by atoms with van der Waals surface area (Å²) in [6, 6.07) is 13.4. The highest BCUT2D eigenvalue weighted by Crippen LogP contribution is 2.16. The normalized spacial score (nSPS) is 12.3. The van der Waals surface area contributed by atoms with E-state index in [2.05, 4.69) is 5.32 Å². The molecule has 0 aliphatic heterocycles. The van der Waals surface area contributed by atoms with Gasteiger partial charge in [0.05, 0.1) is 12.9 Å². The van der Waals surface area contributed by atoms with E-state index in [4.69, 9.17) is 13.7 Å². The zero-order valence-corrected chi connectivity index (χ0v) is 19.1. The highest BCUT2D eigenvalue weighted by molar-refractivity contribution is 7.86. The minimum absolute atomic E-state index is 0.198. The van der Waals surface area contributed by atoms with Gasteiger partial charge in [-0.05, 0) is 55.3 Å². The Bertz CT molecular complexity index is 1030. The van der Waals surface area contributed by atoms with Crippen LogP contribution in [0.4, 0.5) is 5.69 Å². The molecule has 2 rings (SSSR count). The summed E-state index contributed by atoms with van der Waals surface area (Å²) in [4.78, 5) is 24.1. The maximum atomic E-state index is 12.2. The Balaban J connectivity index is 1.92. The van der Waals surface area contributed by atoms with Gasteiger partial charge in [-0.25, -0.2) is 4.79 Å². The summed E-state index contributed by atoms with van der Waals surface area (Å²) in [5, 5.41) is 2.75. The largest absolute Gasteiger partial charge is 0.464 e. The van der Waals surface area contributed by atoms with E-state index in [9.17, 15) is 18.0 Å². The van der Waals surface area contributed by atoms with Crippen molar-refractivity contribution in [1.82, 2.24) is 0 Å². The Morgan fingerprint density at radius 3 is 2.22 bits per heavy atom. The molecule has 0 aliphatic rings. The molecule has 1 atom stereocenters. The summed E-state index contributed by atoms with van der Waals surface area (Å²) < 4.78 is 37.5. The second-order valence-electron chi connectivity index (χ2n) is 6.78. The smallest absolute Gasteiger partial charge is 0.335 e. The number of anilines is 1. The number of ether oxygens (including phenoxy) is 2. The van der Waals surface area contributed by atoms with Crippen LogP contribution in [0.25, 0.3) is 6.08 Å². The molecule has 1 unspecified atom stereocenters. The standard InChI is InChI=1S/C23H27NO7S/c1-4-29-21(23(26)30-5-2)16-18-6-11-19(12-7-18)24-22(25)15-10-17-8-13-20(14-9-17)31-32(3,27)28/h6-15,21H,4-5,16H2,1-3H3,(H,24,25)/b15-10+. The quantitative estimate of drug-likeness (QED) is 0.311. The monoisotopic (exact) mass is 461 g/mol. The summed E-state index contributed by atoms with van der Waals surface area (Å²) in [6.07, 6.45) is 3.64. The third-order valence-corrected chi connectivity index (χ3v) is 4.61. The molecule has 172 valence electrons. The van der Waals surface area contributed by atoms with Crippen LogP contribution in [0.1, 0.15) is 25.0 Å². The lowest BCUT2D eigenvalue weighted by Crippen LogP contribution is -2.29. The van der Waals surface area contributed by atoms with Gasteiger partial charge in [-0.1, -0.05) is 24.3 Å². The lowest BCUT2D eigenvalue weighted by molar-refractivity contribution is -0.156. The molecule has 9 heteroatoms. The molecular formula is C23H27NO7S. The predicted octanol–water partition coefficient (Wildman–Crippen LogP) is 3.19. The van der Waals surface area contributed by atoms with Gasteiger partial charge in [-0.3, -0.25) is 4.79 Å². The van der Waals surface area contributed by atoms with Gasteiger partial charge in [-0.15, -0.1) is 0 Å². The van der Waals surface area contributed by atoms with Gasteiger partial charge in [-0.2, -0.15) is 8.42 Å². The van der Waals surface area contributed by atoms with E-state index in [0.717, 1.165) is 11.8 Å². The molecule has 2 aromatic rings. The molecule has 0 aromatic heterocycles. The summed E-state index contributed by atoms with van der Waals surface area (Å²) in [6.45, 7) is 4.25. The summed E-state index contributed by atoms with van der Waals surface area (Å²) >= 11 is 0. The molecule has 0 saturated carbocycles. The van der Waals surface area contributed by atoms with Gasteiger partial charge in [0.25, 0.3) is 0 Å². The SMILES string of the molecule is CCOC(=O)C(Cc1ccc(NC(=O)/C=C/c2ccc(OS(C)(=O)=O)cc2)cc1)OCC. The van der Waals surface area contributed by atoms with Gasteiger partial charge in [0, 0.05) is 24.8 Å². The third kappa shape index (κ3) is 8.91. The number of hydrogen-bond acceptors (Lipinski definition) is 7. The summed E-state index contributed by atoms with van der Waals surface area (Å²) in [7, 11) is -3.58. The minimum atomic E-state index is -3.58. The molecule has 8 nitrogen and oxygen atoms in total. The number of esters is 1. The van der Waals surface area contributed by atoms with Crippen molar-refractivity contribution in [3.05, 3.63) is 65.7 Å². The lowest BCUT2D eigenvalue weighted by atomic mass is 10.1. The molecule has 1 amide bonds. The zero-order valence-electron chi connectivity index (χ0n) is 18.2. The van der Waals surface area contributed by atoms with Crippen LogP contribution in [0.3, 0.4) is 0 Å². The molecular weight excluding hydrogens is 434 g/mol. The molecule has 0 aliphatic carbocycles. The molecule has 0 saturated heterocycles. The van der Waals surface area contributed by atoms with Gasteiger partial charge in [0.15, 0.2) is 6.10 Å². The van der Waals surface area contributed by atoms with Crippen molar-refractivity contribution < 1.29 is 31.7 Å². The first-order valence-corrected chi connectivity index (χ1v) is 11.9. The van der Waals surface area contributed by atoms with Gasteiger partial charge >= 0.3 is 16.1 Å². The summed E-state index contributed by atoms with van der Waals surface area (Å²) in [5.41, 5.74) is 2.18. The molecule has 2 aromatic carbocycles. The first kappa shape index (κ1) is 25.1. The van der Waals surface area contributed by atoms with Crippen molar-refractivity contribution in [1.29, 1.82) is 0 Å². The van der Waals surface area contributed by atoms with Gasteiger partial charge in [0.1, 0.15) is 5.75 Å². The van der Waals surface area contributed by atoms with Crippen LogP contribution in [0.15, 0.2) is 54.6 Å². The van der Waals surface area contributed by atoms with Crippen molar-refractivity contribution in [3.63, 3.8) is 0 Å². The second kappa shape index (κ2) is 12.0. The van der Waals surface area contributed by atoms with Gasteiger partial charge < -0.3 is 19.0 Å². The van der Waals surface area contributed by atoms with Crippen molar-refractivity contribution in [2.24, 2.45) is 0 Å². The van der Waals surface area contributed by atoms with E-state index in [0.29, 0.717) is 30.9 Å². The average molecular weight is 462 g/mol. The van der Waals surface area contributed by atoms with Crippen LogP contribution >= 0.6 is 0 Å². The Morgan fingerprint density at radius 2 is 1.66 bits per heavy atom. The number of carbonyl (C=O) groups is 2. The molecule has 0 spiro atoms. The van der Waals surface area contributed by atoms with E-state index in [1.807, 2.05) is 19.1 Å². The van der Waals surface area contributed by atoms with Crippen LogP contribution in [-0.4, -0.2) is 45.9 Å². The Labute approximate surface area is 188 Å².